The Morgan fingerprint density at radius 3 is 2.67 bits per heavy atom. The molecule has 2 rings (SSSR count). The van der Waals surface area contributed by atoms with Crippen LogP contribution in [-0.2, 0) is 12.8 Å². The molecule has 0 aliphatic heterocycles. The zero-order valence-corrected chi connectivity index (χ0v) is 13.3. The molecule has 1 atom stereocenters. The molecule has 0 amide bonds. The monoisotopic (exact) mass is 305 g/mol. The molecule has 0 spiro atoms. The Kier molecular flexibility index (Phi) is 5.77. The molecule has 2 aromatic carbocycles. The van der Waals surface area contributed by atoms with E-state index in [1.807, 2.05) is 7.05 Å². The van der Waals surface area contributed by atoms with Crippen LogP contribution in [0.4, 0.5) is 4.39 Å². The highest BCUT2D eigenvalue weighted by Gasteiger charge is 2.13. The maximum atomic E-state index is 13.1. The summed E-state index contributed by atoms with van der Waals surface area (Å²) >= 11 is 6.13. The highest BCUT2D eigenvalue weighted by molar-refractivity contribution is 6.31. The van der Waals surface area contributed by atoms with Crippen LogP contribution in [0.5, 0.6) is 0 Å². The fourth-order valence-electron chi connectivity index (χ4n) is 2.55. The first-order valence-electron chi connectivity index (χ1n) is 7.34. The van der Waals surface area contributed by atoms with E-state index in [4.69, 9.17) is 11.6 Å². The molecule has 0 heterocycles. The Bertz CT molecular complexity index is 598. The molecule has 0 fully saturated rings. The van der Waals surface area contributed by atoms with Crippen molar-refractivity contribution in [3.63, 3.8) is 0 Å². The molecule has 0 saturated carbocycles. The van der Waals surface area contributed by atoms with Gasteiger partial charge in [0, 0.05) is 11.1 Å². The maximum absolute atomic E-state index is 13.1. The van der Waals surface area contributed by atoms with Gasteiger partial charge in [0.2, 0.25) is 0 Å². The summed E-state index contributed by atoms with van der Waals surface area (Å²) in [6.45, 7) is 2.18. The van der Waals surface area contributed by atoms with Crippen LogP contribution in [0.1, 0.15) is 36.1 Å². The number of halogens is 2. The van der Waals surface area contributed by atoms with Crippen molar-refractivity contribution in [1.82, 2.24) is 5.32 Å². The van der Waals surface area contributed by atoms with E-state index in [0.717, 1.165) is 24.8 Å². The second-order valence-electron chi connectivity index (χ2n) is 5.28. The summed E-state index contributed by atoms with van der Waals surface area (Å²) in [4.78, 5) is 0. The smallest absolute Gasteiger partial charge is 0.124 e. The quantitative estimate of drug-likeness (QED) is 0.797. The molecule has 0 aliphatic carbocycles. The van der Waals surface area contributed by atoms with Crippen LogP contribution in [-0.4, -0.2) is 7.05 Å². The third-order valence-electron chi connectivity index (χ3n) is 3.68. The highest BCUT2D eigenvalue weighted by atomic mass is 35.5. The molecule has 1 nitrogen and oxygen atoms in total. The van der Waals surface area contributed by atoms with Gasteiger partial charge in [0.25, 0.3) is 0 Å². The van der Waals surface area contributed by atoms with E-state index in [9.17, 15) is 4.39 Å². The minimum Gasteiger partial charge on any atom is -0.313 e. The van der Waals surface area contributed by atoms with E-state index in [-0.39, 0.29) is 11.9 Å². The van der Waals surface area contributed by atoms with Crippen molar-refractivity contribution >= 4 is 11.6 Å². The minimum atomic E-state index is -0.297. The minimum absolute atomic E-state index is 0.171. The lowest BCUT2D eigenvalue weighted by Crippen LogP contribution is -2.19. The molecule has 0 radical (unpaired) electrons. The normalized spacial score (nSPS) is 12.4. The molecule has 2 aromatic rings. The van der Waals surface area contributed by atoms with Crippen LogP contribution in [0.25, 0.3) is 0 Å². The molecular weight excluding hydrogens is 285 g/mol. The summed E-state index contributed by atoms with van der Waals surface area (Å²) in [5.74, 6) is -0.297. The van der Waals surface area contributed by atoms with Crippen molar-refractivity contribution in [3.05, 3.63) is 70.0 Å². The van der Waals surface area contributed by atoms with E-state index in [1.54, 1.807) is 6.07 Å². The van der Waals surface area contributed by atoms with Crippen molar-refractivity contribution in [2.75, 3.05) is 7.05 Å². The van der Waals surface area contributed by atoms with Crippen molar-refractivity contribution in [3.8, 4) is 0 Å². The average molecular weight is 306 g/mol. The van der Waals surface area contributed by atoms with Crippen LogP contribution in [0.15, 0.2) is 42.5 Å². The lowest BCUT2D eigenvalue weighted by molar-refractivity contribution is 0.588. The first kappa shape index (κ1) is 16.0. The zero-order chi connectivity index (χ0) is 15.2. The molecule has 21 heavy (non-hydrogen) atoms. The molecule has 0 saturated heterocycles. The average Bonchev–Trinajstić information content (AvgIpc) is 2.47. The number of rotatable bonds is 6. The highest BCUT2D eigenvalue weighted by Crippen LogP contribution is 2.25. The maximum Gasteiger partial charge on any atom is 0.124 e. The number of benzene rings is 2. The third-order valence-corrected chi connectivity index (χ3v) is 4.03. The lowest BCUT2D eigenvalue weighted by Gasteiger charge is -2.18. The van der Waals surface area contributed by atoms with Crippen LogP contribution < -0.4 is 5.32 Å². The van der Waals surface area contributed by atoms with Gasteiger partial charge in [0.05, 0.1) is 0 Å². The molecule has 112 valence electrons. The van der Waals surface area contributed by atoms with Crippen LogP contribution in [0.2, 0.25) is 5.02 Å². The summed E-state index contributed by atoms with van der Waals surface area (Å²) in [5.41, 5.74) is 3.54. The molecule has 1 unspecified atom stereocenters. The molecule has 0 aliphatic rings. The molecule has 3 heteroatoms. The van der Waals surface area contributed by atoms with E-state index in [1.165, 1.54) is 23.3 Å². The SMILES string of the molecule is CCCc1cccc(C(Cc2ccc(F)cc2Cl)NC)c1. The van der Waals surface area contributed by atoms with E-state index in [0.29, 0.717) is 5.02 Å². The van der Waals surface area contributed by atoms with Gasteiger partial charge in [-0.05, 0) is 48.7 Å². The fourth-order valence-corrected chi connectivity index (χ4v) is 2.79. The van der Waals surface area contributed by atoms with Crippen LogP contribution in [0, 0.1) is 5.82 Å². The van der Waals surface area contributed by atoms with E-state index >= 15 is 0 Å². The summed E-state index contributed by atoms with van der Waals surface area (Å²) < 4.78 is 13.1. The summed E-state index contributed by atoms with van der Waals surface area (Å²) in [6.07, 6.45) is 2.96. The molecule has 1 N–H and O–H groups in total. The Morgan fingerprint density at radius 1 is 1.19 bits per heavy atom. The van der Waals surface area contributed by atoms with Gasteiger partial charge < -0.3 is 5.32 Å². The number of hydrogen-bond donors (Lipinski definition) is 1. The Labute approximate surface area is 131 Å². The lowest BCUT2D eigenvalue weighted by atomic mass is 9.96. The number of nitrogens with one attached hydrogen (secondary N) is 1. The number of likely N-dealkylation sites (N-methyl/N-ethyl adjacent to an activating group) is 1. The first-order chi connectivity index (χ1) is 10.1. The largest absolute Gasteiger partial charge is 0.313 e. The topological polar surface area (TPSA) is 12.0 Å². The second-order valence-corrected chi connectivity index (χ2v) is 5.68. The first-order valence-corrected chi connectivity index (χ1v) is 7.72. The van der Waals surface area contributed by atoms with Gasteiger partial charge >= 0.3 is 0 Å². The van der Waals surface area contributed by atoms with Crippen molar-refractivity contribution in [2.24, 2.45) is 0 Å². The van der Waals surface area contributed by atoms with Crippen LogP contribution in [0.3, 0.4) is 0 Å². The Hall–Kier alpha value is -1.38. The second kappa shape index (κ2) is 7.58. The Morgan fingerprint density at radius 2 is 2.00 bits per heavy atom. The van der Waals surface area contributed by atoms with Gasteiger partial charge in [-0.2, -0.15) is 0 Å². The number of hydrogen-bond acceptors (Lipinski definition) is 1. The zero-order valence-electron chi connectivity index (χ0n) is 12.5. The predicted molar refractivity (Wildman–Crippen MR) is 87.4 cm³/mol. The predicted octanol–water partition coefficient (Wildman–Crippen LogP) is 4.93. The van der Waals surface area contributed by atoms with Crippen LogP contribution >= 0.6 is 11.6 Å². The summed E-state index contributed by atoms with van der Waals surface area (Å²) in [7, 11) is 1.94. The van der Waals surface area contributed by atoms with Gasteiger partial charge in [-0.25, -0.2) is 4.39 Å². The fraction of sp³-hybridized carbons (Fsp3) is 0.333. The van der Waals surface area contributed by atoms with Gasteiger partial charge in [-0.1, -0.05) is 55.3 Å². The third kappa shape index (κ3) is 4.29. The van der Waals surface area contributed by atoms with Gasteiger partial charge in [0.1, 0.15) is 5.82 Å². The number of aryl methyl sites for hydroxylation is 1. The standard InChI is InChI=1S/C18H21ClFN/c1-3-5-13-6-4-7-15(10-13)18(21-2)11-14-8-9-16(20)12-17(14)19/h4,6-10,12,18,21H,3,5,11H2,1-2H3. The molecular formula is C18H21ClFN. The van der Waals surface area contributed by atoms with Crippen molar-refractivity contribution in [1.29, 1.82) is 0 Å². The van der Waals surface area contributed by atoms with E-state index < -0.39 is 0 Å². The summed E-state index contributed by atoms with van der Waals surface area (Å²) in [6, 6.07) is 13.4. The van der Waals surface area contributed by atoms with Gasteiger partial charge in [0.15, 0.2) is 0 Å². The summed E-state index contributed by atoms with van der Waals surface area (Å²) in [5, 5.41) is 3.81. The van der Waals surface area contributed by atoms with E-state index in [2.05, 4.69) is 36.5 Å². The van der Waals surface area contributed by atoms with Crippen molar-refractivity contribution < 1.29 is 4.39 Å². The molecule has 0 aromatic heterocycles. The van der Waals surface area contributed by atoms with Gasteiger partial charge in [-0.15, -0.1) is 0 Å². The van der Waals surface area contributed by atoms with Gasteiger partial charge in [-0.3, -0.25) is 0 Å². The molecule has 0 bridgehead atoms. The van der Waals surface area contributed by atoms with Crippen molar-refractivity contribution in [2.45, 2.75) is 32.2 Å². The Balaban J connectivity index is 2.21.